The van der Waals surface area contributed by atoms with Gasteiger partial charge in [-0.2, -0.15) is 0 Å². The Labute approximate surface area is 167 Å². The molecule has 1 aromatic rings. The smallest absolute Gasteiger partial charge is 0.162 e. The molecule has 0 saturated carbocycles. The Balaban J connectivity index is 1.83. The average Bonchev–Trinajstić information content (AvgIpc) is 3.29. The van der Waals surface area contributed by atoms with Gasteiger partial charge in [-0.3, -0.25) is 24.9 Å². The van der Waals surface area contributed by atoms with E-state index in [0.717, 1.165) is 30.2 Å². The summed E-state index contributed by atoms with van der Waals surface area (Å²) >= 11 is 3.41. The topological polar surface area (TPSA) is 65.2 Å². The third-order valence-electron chi connectivity index (χ3n) is 4.91. The zero-order valence-electron chi connectivity index (χ0n) is 15.9. The number of amidine groups is 1. The average molecular weight is 409 g/mol. The van der Waals surface area contributed by atoms with Gasteiger partial charge in [-0.25, -0.2) is 4.39 Å². The first-order chi connectivity index (χ1) is 13.0. The Hall–Kier alpha value is -1.58. The highest BCUT2D eigenvalue weighted by Crippen LogP contribution is 2.43. The van der Waals surface area contributed by atoms with Crippen LogP contribution < -0.4 is 5.32 Å². The van der Waals surface area contributed by atoms with E-state index in [1.807, 2.05) is 32.6 Å². The summed E-state index contributed by atoms with van der Waals surface area (Å²) in [5.41, 5.74) is 2.10. The van der Waals surface area contributed by atoms with Crippen LogP contribution in [0.5, 0.6) is 0 Å². The number of thioether (sulfide) groups is 1. The summed E-state index contributed by atoms with van der Waals surface area (Å²) in [5.74, 6) is 0.976. The molecule has 3 heterocycles. The Bertz CT molecular complexity index is 758. The number of hydrogen-bond acceptors (Lipinski definition) is 7. The van der Waals surface area contributed by atoms with Crippen molar-refractivity contribution in [1.29, 1.82) is 0 Å². The molecule has 0 bridgehead atoms. The van der Waals surface area contributed by atoms with Gasteiger partial charge in [0.2, 0.25) is 0 Å². The molecule has 2 fully saturated rings. The van der Waals surface area contributed by atoms with Crippen LogP contribution in [-0.4, -0.2) is 60.0 Å². The van der Waals surface area contributed by atoms with Crippen LogP contribution in [0.4, 0.5) is 4.39 Å². The van der Waals surface area contributed by atoms with E-state index in [9.17, 15) is 4.39 Å². The quantitative estimate of drug-likeness (QED) is 0.735. The number of aliphatic imine (C=N–C) groups is 3. The van der Waals surface area contributed by atoms with Crippen molar-refractivity contribution in [2.45, 2.75) is 19.4 Å². The Morgan fingerprint density at radius 2 is 2.41 bits per heavy atom. The molecule has 0 aromatic carbocycles. The number of aromatic nitrogens is 1. The molecule has 2 unspecified atom stereocenters. The second-order valence-corrected chi connectivity index (χ2v) is 8.90. The molecule has 27 heavy (non-hydrogen) atoms. The van der Waals surface area contributed by atoms with Gasteiger partial charge in [-0.1, -0.05) is 25.6 Å². The highest BCUT2D eigenvalue weighted by molar-refractivity contribution is 8.13. The molecule has 1 aromatic heterocycles. The number of likely N-dealkylation sites (tertiary alicyclic amines) is 1. The first-order valence-electron chi connectivity index (χ1n) is 8.85. The lowest BCUT2D eigenvalue weighted by molar-refractivity contribution is 0.306. The van der Waals surface area contributed by atoms with E-state index in [1.54, 1.807) is 23.1 Å². The minimum Gasteiger partial charge on any atom is -0.353 e. The van der Waals surface area contributed by atoms with Crippen LogP contribution in [0.15, 0.2) is 38.7 Å². The van der Waals surface area contributed by atoms with Crippen molar-refractivity contribution in [2.75, 3.05) is 32.6 Å². The van der Waals surface area contributed by atoms with E-state index in [-0.39, 0.29) is 11.5 Å². The van der Waals surface area contributed by atoms with Crippen molar-refractivity contribution in [3.63, 3.8) is 0 Å². The van der Waals surface area contributed by atoms with Crippen LogP contribution in [0.1, 0.15) is 18.7 Å². The number of hydrogen-bond donors (Lipinski definition) is 1. The molecule has 3 rings (SSSR count). The minimum absolute atomic E-state index is 0.0177. The normalized spacial score (nSPS) is 28.5. The number of fused-ring (bicyclic) bond motifs is 1. The van der Waals surface area contributed by atoms with Crippen LogP contribution >= 0.6 is 23.1 Å². The molecular weight excluding hydrogens is 383 g/mol. The second kappa shape index (κ2) is 8.62. The first kappa shape index (κ1) is 20.2. The molecule has 2 aliphatic heterocycles. The van der Waals surface area contributed by atoms with Crippen LogP contribution in [0, 0.1) is 11.8 Å². The molecule has 6 nitrogen and oxygen atoms in total. The number of nitrogens with zero attached hydrogens (tertiary/aromatic N) is 5. The molecule has 2 atom stereocenters. The predicted octanol–water partition coefficient (Wildman–Crippen LogP) is 3.16. The van der Waals surface area contributed by atoms with Gasteiger partial charge in [0.1, 0.15) is 0 Å². The van der Waals surface area contributed by atoms with Gasteiger partial charge in [0, 0.05) is 38.0 Å². The number of halogens is 1. The van der Waals surface area contributed by atoms with Gasteiger partial charge in [0.05, 0.1) is 34.5 Å². The fraction of sp³-hybridized carbons (Fsp3) is 0.556. The zero-order valence-corrected chi connectivity index (χ0v) is 17.5. The molecular formula is C18H25FN6S2. The molecule has 0 amide bonds. The van der Waals surface area contributed by atoms with Crippen molar-refractivity contribution in [3.8, 4) is 0 Å². The van der Waals surface area contributed by atoms with Crippen LogP contribution in [0.2, 0.25) is 0 Å². The molecule has 9 heteroatoms. The number of rotatable bonds is 6. The molecule has 0 aliphatic carbocycles. The summed E-state index contributed by atoms with van der Waals surface area (Å²) in [7, 11) is 1.81. The molecule has 146 valence electrons. The van der Waals surface area contributed by atoms with Gasteiger partial charge in [-0.05, 0) is 12.6 Å². The van der Waals surface area contributed by atoms with Crippen molar-refractivity contribution in [3.05, 3.63) is 28.6 Å². The van der Waals surface area contributed by atoms with Crippen molar-refractivity contribution in [1.82, 2.24) is 15.2 Å². The molecule has 2 saturated heterocycles. The Morgan fingerprint density at radius 3 is 3.04 bits per heavy atom. The van der Waals surface area contributed by atoms with Crippen molar-refractivity contribution >= 4 is 40.7 Å². The van der Waals surface area contributed by atoms with Crippen LogP contribution in [-0.2, 0) is 5.54 Å². The van der Waals surface area contributed by atoms with Crippen molar-refractivity contribution < 1.29 is 4.39 Å². The first-order valence-corrected chi connectivity index (χ1v) is 10.7. The standard InChI is InChI=1S/C18H25FN6S2/c1-12(2)16(14(19)5-20-3)23-10-25-7-13-8-26-17(21-4)24-18(13,9-25)15-6-22-11-27-15/h5-6,11-13H,3,7-10H2,1-2,4H3,(H,21,24)/b14-5+,23-16-. The predicted molar refractivity (Wildman–Crippen MR) is 114 cm³/mol. The minimum atomic E-state index is -0.414. The van der Waals surface area contributed by atoms with Gasteiger partial charge in [0.25, 0.3) is 0 Å². The molecule has 0 spiro atoms. The third kappa shape index (κ3) is 4.14. The Kier molecular flexibility index (Phi) is 6.44. The summed E-state index contributed by atoms with van der Waals surface area (Å²) in [6, 6.07) is 0. The molecule has 2 aliphatic rings. The van der Waals surface area contributed by atoms with E-state index in [4.69, 9.17) is 0 Å². The summed E-state index contributed by atoms with van der Waals surface area (Å²) in [4.78, 5) is 20.2. The van der Waals surface area contributed by atoms with Crippen LogP contribution in [0.25, 0.3) is 0 Å². The molecule has 1 N–H and O–H groups in total. The number of allylic oxidation sites excluding steroid dienone is 1. The highest BCUT2D eigenvalue weighted by atomic mass is 32.2. The Morgan fingerprint density at radius 1 is 1.59 bits per heavy atom. The van der Waals surface area contributed by atoms with E-state index < -0.39 is 5.83 Å². The van der Waals surface area contributed by atoms with E-state index in [2.05, 4.69) is 36.9 Å². The monoisotopic (exact) mass is 408 g/mol. The second-order valence-electron chi connectivity index (χ2n) is 7.01. The maximum absolute atomic E-state index is 14.2. The third-order valence-corrected chi connectivity index (χ3v) is 6.99. The highest BCUT2D eigenvalue weighted by Gasteiger charge is 2.51. The largest absolute Gasteiger partial charge is 0.353 e. The van der Waals surface area contributed by atoms with Gasteiger partial charge >= 0.3 is 0 Å². The van der Waals surface area contributed by atoms with Gasteiger partial charge < -0.3 is 5.32 Å². The summed E-state index contributed by atoms with van der Waals surface area (Å²) in [5, 5.41) is 4.61. The van der Waals surface area contributed by atoms with E-state index in [0.29, 0.717) is 18.3 Å². The van der Waals surface area contributed by atoms with Gasteiger partial charge in [0.15, 0.2) is 11.0 Å². The molecule has 0 radical (unpaired) electrons. The fourth-order valence-electron chi connectivity index (χ4n) is 3.62. The van der Waals surface area contributed by atoms with Crippen molar-refractivity contribution in [2.24, 2.45) is 26.8 Å². The van der Waals surface area contributed by atoms with E-state index >= 15 is 0 Å². The maximum Gasteiger partial charge on any atom is 0.162 e. The number of nitrogens with one attached hydrogen (secondary N) is 1. The number of thiazole rings is 1. The van der Waals surface area contributed by atoms with Crippen LogP contribution in [0.3, 0.4) is 0 Å². The lowest BCUT2D eigenvalue weighted by Crippen LogP contribution is -2.54. The zero-order chi connectivity index (χ0) is 19.4. The maximum atomic E-state index is 14.2. The summed E-state index contributed by atoms with van der Waals surface area (Å²) < 4.78 is 14.2. The van der Waals surface area contributed by atoms with Gasteiger partial charge in [-0.15, -0.1) is 11.3 Å². The summed E-state index contributed by atoms with van der Waals surface area (Å²) in [6.07, 6.45) is 3.07. The lowest BCUT2D eigenvalue weighted by Gasteiger charge is -2.39. The lowest BCUT2D eigenvalue weighted by atomic mass is 9.87. The SMILES string of the molecule is C=N/C=C(F)\C(=N/CN1CC2CSC(=NC)NC2(c2cncs2)C1)C(C)C. The summed E-state index contributed by atoms with van der Waals surface area (Å²) in [6.45, 7) is 9.33. The fourth-order valence-corrected chi connectivity index (χ4v) is 5.60. The van der Waals surface area contributed by atoms with E-state index in [1.165, 1.54) is 4.88 Å².